The van der Waals surface area contributed by atoms with E-state index in [2.05, 4.69) is 20.5 Å². The summed E-state index contributed by atoms with van der Waals surface area (Å²) in [5.74, 6) is 0. The zero-order valence-electron chi connectivity index (χ0n) is 7.84. The molecule has 0 aliphatic carbocycles. The van der Waals surface area contributed by atoms with Gasteiger partial charge >= 0.3 is 0 Å². The molecule has 0 fully saturated rings. The molecule has 2 rings (SSSR count). The van der Waals surface area contributed by atoms with Gasteiger partial charge in [-0.2, -0.15) is 0 Å². The maximum absolute atomic E-state index is 3.97. The molecule has 0 saturated heterocycles. The minimum atomic E-state index is 0.838. The number of anilines is 1. The minimum absolute atomic E-state index is 0.838. The highest BCUT2D eigenvalue weighted by molar-refractivity contribution is 7.15. The van der Waals surface area contributed by atoms with Crippen LogP contribution >= 0.6 is 11.3 Å². The Morgan fingerprint density at radius 2 is 2.43 bits per heavy atom. The number of imidazole rings is 1. The van der Waals surface area contributed by atoms with Crippen molar-refractivity contribution in [2.45, 2.75) is 13.5 Å². The van der Waals surface area contributed by atoms with Gasteiger partial charge in [0.25, 0.3) is 0 Å². The van der Waals surface area contributed by atoms with Crippen molar-refractivity contribution in [3.63, 3.8) is 0 Å². The summed E-state index contributed by atoms with van der Waals surface area (Å²) < 4.78 is 2.01. The SMILES string of the molecule is Cc1nnc(NCCn2ccnc2)s1. The van der Waals surface area contributed by atoms with E-state index in [-0.39, 0.29) is 0 Å². The van der Waals surface area contributed by atoms with Gasteiger partial charge in [-0.25, -0.2) is 4.98 Å². The Kier molecular flexibility index (Phi) is 2.73. The number of hydrogen-bond donors (Lipinski definition) is 1. The zero-order chi connectivity index (χ0) is 9.80. The van der Waals surface area contributed by atoms with Gasteiger partial charge in [0.05, 0.1) is 6.33 Å². The third-order valence-corrected chi connectivity index (χ3v) is 2.53. The second-order valence-electron chi connectivity index (χ2n) is 2.85. The average Bonchev–Trinajstić information content (AvgIpc) is 2.77. The Labute approximate surface area is 85.8 Å². The van der Waals surface area contributed by atoms with E-state index < -0.39 is 0 Å². The van der Waals surface area contributed by atoms with Gasteiger partial charge in [-0.05, 0) is 6.92 Å². The lowest BCUT2D eigenvalue weighted by Crippen LogP contribution is -2.08. The van der Waals surface area contributed by atoms with Crippen LogP contribution in [-0.2, 0) is 6.54 Å². The van der Waals surface area contributed by atoms with Crippen LogP contribution in [0.3, 0.4) is 0 Å². The fourth-order valence-corrected chi connectivity index (χ4v) is 1.70. The lowest BCUT2D eigenvalue weighted by molar-refractivity contribution is 0.726. The summed E-state index contributed by atoms with van der Waals surface area (Å²) in [7, 11) is 0. The smallest absolute Gasteiger partial charge is 0.205 e. The maximum atomic E-state index is 3.97. The standard InChI is InChI=1S/C8H11N5S/c1-7-11-12-8(14-7)10-3-5-13-4-2-9-6-13/h2,4,6H,3,5H2,1H3,(H,10,12). The van der Waals surface area contributed by atoms with Gasteiger partial charge in [0.1, 0.15) is 5.01 Å². The molecule has 2 aromatic rings. The Morgan fingerprint density at radius 1 is 1.50 bits per heavy atom. The second-order valence-corrected chi connectivity index (χ2v) is 4.04. The highest BCUT2D eigenvalue weighted by atomic mass is 32.1. The summed E-state index contributed by atoms with van der Waals surface area (Å²) in [6, 6.07) is 0. The van der Waals surface area contributed by atoms with E-state index in [9.17, 15) is 0 Å². The number of nitrogens with zero attached hydrogens (tertiary/aromatic N) is 4. The molecule has 0 unspecified atom stereocenters. The van der Waals surface area contributed by atoms with E-state index >= 15 is 0 Å². The zero-order valence-corrected chi connectivity index (χ0v) is 8.66. The van der Waals surface area contributed by atoms with E-state index in [1.165, 1.54) is 0 Å². The number of hydrogen-bond acceptors (Lipinski definition) is 5. The van der Waals surface area contributed by atoms with Crippen molar-refractivity contribution in [1.82, 2.24) is 19.7 Å². The fraction of sp³-hybridized carbons (Fsp3) is 0.375. The fourth-order valence-electron chi connectivity index (χ4n) is 1.08. The first-order chi connectivity index (χ1) is 6.84. The van der Waals surface area contributed by atoms with E-state index in [1.54, 1.807) is 23.9 Å². The normalized spacial score (nSPS) is 10.4. The molecule has 2 aromatic heterocycles. The molecule has 1 N–H and O–H groups in total. The van der Waals surface area contributed by atoms with Gasteiger partial charge in [0, 0.05) is 25.5 Å². The first-order valence-corrected chi connectivity index (χ1v) is 5.16. The molecule has 5 nitrogen and oxygen atoms in total. The molecule has 0 amide bonds. The quantitative estimate of drug-likeness (QED) is 0.820. The van der Waals surface area contributed by atoms with Crippen LogP contribution in [0.4, 0.5) is 5.13 Å². The topological polar surface area (TPSA) is 55.6 Å². The molecule has 0 spiro atoms. The highest BCUT2D eigenvalue weighted by Gasteiger charge is 1.97. The van der Waals surface area contributed by atoms with Gasteiger partial charge in [-0.15, -0.1) is 10.2 Å². The predicted octanol–water partition coefficient (Wildman–Crippen LogP) is 1.16. The van der Waals surface area contributed by atoms with E-state index in [4.69, 9.17) is 0 Å². The first-order valence-electron chi connectivity index (χ1n) is 4.34. The molecule has 74 valence electrons. The predicted molar refractivity (Wildman–Crippen MR) is 55.4 cm³/mol. The first kappa shape index (κ1) is 9.14. The maximum Gasteiger partial charge on any atom is 0.205 e. The summed E-state index contributed by atoms with van der Waals surface area (Å²) in [5, 5.41) is 12.9. The molecule has 0 aromatic carbocycles. The van der Waals surface area contributed by atoms with Crippen molar-refractivity contribution < 1.29 is 0 Å². The van der Waals surface area contributed by atoms with E-state index in [0.29, 0.717) is 0 Å². The van der Waals surface area contributed by atoms with Crippen molar-refractivity contribution in [3.05, 3.63) is 23.7 Å². The molecule has 0 radical (unpaired) electrons. The molecule has 2 heterocycles. The highest BCUT2D eigenvalue weighted by Crippen LogP contribution is 2.12. The van der Waals surface area contributed by atoms with Crippen molar-refractivity contribution in [2.75, 3.05) is 11.9 Å². The van der Waals surface area contributed by atoms with E-state index in [1.807, 2.05) is 17.7 Å². The van der Waals surface area contributed by atoms with Crippen molar-refractivity contribution in [3.8, 4) is 0 Å². The second kappa shape index (κ2) is 4.19. The van der Waals surface area contributed by atoms with Crippen LogP contribution in [0.1, 0.15) is 5.01 Å². The molecule has 0 aliphatic rings. The number of aromatic nitrogens is 4. The van der Waals surface area contributed by atoms with Crippen molar-refractivity contribution in [2.24, 2.45) is 0 Å². The summed E-state index contributed by atoms with van der Waals surface area (Å²) in [6.45, 7) is 3.67. The van der Waals surface area contributed by atoms with Crippen LogP contribution in [0.25, 0.3) is 0 Å². The molecule has 0 saturated carbocycles. The van der Waals surface area contributed by atoms with Gasteiger partial charge in [0.15, 0.2) is 0 Å². The summed E-state index contributed by atoms with van der Waals surface area (Å²) in [5.41, 5.74) is 0. The van der Waals surface area contributed by atoms with Gasteiger partial charge in [-0.1, -0.05) is 11.3 Å². The summed E-state index contributed by atoms with van der Waals surface area (Å²) >= 11 is 1.57. The molecule has 0 bridgehead atoms. The molecule has 14 heavy (non-hydrogen) atoms. The van der Waals surface area contributed by atoms with Crippen LogP contribution < -0.4 is 5.32 Å². The Balaban J connectivity index is 1.78. The Bertz CT molecular complexity index is 380. The van der Waals surface area contributed by atoms with Crippen LogP contribution in [0.5, 0.6) is 0 Å². The molecular formula is C8H11N5S. The lowest BCUT2D eigenvalue weighted by Gasteiger charge is -2.01. The van der Waals surface area contributed by atoms with Gasteiger partial charge < -0.3 is 9.88 Å². The molecule has 0 aliphatic heterocycles. The van der Waals surface area contributed by atoms with Gasteiger partial charge in [-0.3, -0.25) is 0 Å². The third kappa shape index (κ3) is 2.29. The molecular weight excluding hydrogens is 198 g/mol. The van der Waals surface area contributed by atoms with Gasteiger partial charge in [0.2, 0.25) is 5.13 Å². The van der Waals surface area contributed by atoms with Crippen LogP contribution in [0.15, 0.2) is 18.7 Å². The largest absolute Gasteiger partial charge is 0.358 e. The third-order valence-electron chi connectivity index (χ3n) is 1.73. The summed E-state index contributed by atoms with van der Waals surface area (Å²) in [4.78, 5) is 3.96. The molecule has 0 atom stereocenters. The van der Waals surface area contributed by atoms with Crippen LogP contribution in [0, 0.1) is 6.92 Å². The Hall–Kier alpha value is -1.43. The van der Waals surface area contributed by atoms with Crippen LogP contribution in [-0.4, -0.2) is 26.3 Å². The molecule has 6 heteroatoms. The van der Waals surface area contributed by atoms with E-state index in [0.717, 1.165) is 23.2 Å². The average molecular weight is 209 g/mol. The lowest BCUT2D eigenvalue weighted by atomic mass is 10.6. The van der Waals surface area contributed by atoms with Crippen molar-refractivity contribution in [1.29, 1.82) is 0 Å². The van der Waals surface area contributed by atoms with Crippen LogP contribution in [0.2, 0.25) is 0 Å². The number of rotatable bonds is 4. The number of nitrogens with one attached hydrogen (secondary N) is 1. The minimum Gasteiger partial charge on any atom is -0.358 e. The van der Waals surface area contributed by atoms with Crippen molar-refractivity contribution >= 4 is 16.5 Å². The number of aryl methyl sites for hydroxylation is 1. The Morgan fingerprint density at radius 3 is 3.07 bits per heavy atom. The summed E-state index contributed by atoms with van der Waals surface area (Å²) in [6.07, 6.45) is 5.51. The monoisotopic (exact) mass is 209 g/mol.